The molecular formula is C12H20N4O2. The highest BCUT2D eigenvalue weighted by Crippen LogP contribution is 1.94. The summed E-state index contributed by atoms with van der Waals surface area (Å²) in [6.45, 7) is 3.45. The molecule has 6 heteroatoms. The van der Waals surface area contributed by atoms with Crippen LogP contribution in [0.5, 0.6) is 0 Å². The van der Waals surface area contributed by atoms with E-state index in [0.717, 1.165) is 19.4 Å². The van der Waals surface area contributed by atoms with E-state index >= 15 is 0 Å². The summed E-state index contributed by atoms with van der Waals surface area (Å²) >= 11 is 0. The first-order chi connectivity index (χ1) is 8.72. The van der Waals surface area contributed by atoms with Gasteiger partial charge in [0.15, 0.2) is 0 Å². The number of imidazole rings is 1. The van der Waals surface area contributed by atoms with Gasteiger partial charge in [-0.05, 0) is 12.8 Å². The van der Waals surface area contributed by atoms with Gasteiger partial charge in [-0.15, -0.1) is 0 Å². The van der Waals surface area contributed by atoms with Gasteiger partial charge in [-0.1, -0.05) is 6.92 Å². The molecule has 100 valence electrons. The minimum atomic E-state index is -0.139. The second-order valence-corrected chi connectivity index (χ2v) is 4.03. The molecule has 1 aromatic rings. The summed E-state index contributed by atoms with van der Waals surface area (Å²) in [5.41, 5.74) is 0. The van der Waals surface area contributed by atoms with Crippen molar-refractivity contribution in [2.45, 2.75) is 32.7 Å². The molecule has 0 aromatic carbocycles. The summed E-state index contributed by atoms with van der Waals surface area (Å²) in [4.78, 5) is 26.6. The first kappa shape index (κ1) is 14.2. The number of nitrogens with one attached hydrogen (secondary N) is 2. The number of hydrogen-bond acceptors (Lipinski definition) is 3. The number of carbonyl (C=O) groups is 2. The molecule has 0 atom stereocenters. The quantitative estimate of drug-likeness (QED) is 0.699. The maximum atomic E-state index is 11.4. The molecule has 1 rings (SSSR count). The molecule has 0 bridgehead atoms. The Morgan fingerprint density at radius 2 is 2.11 bits per heavy atom. The van der Waals surface area contributed by atoms with Crippen LogP contribution in [0.25, 0.3) is 0 Å². The van der Waals surface area contributed by atoms with Crippen LogP contribution >= 0.6 is 0 Å². The molecule has 0 saturated carbocycles. The lowest BCUT2D eigenvalue weighted by Crippen LogP contribution is -2.37. The van der Waals surface area contributed by atoms with Crippen molar-refractivity contribution in [3.63, 3.8) is 0 Å². The number of carbonyl (C=O) groups excluding carboxylic acids is 2. The van der Waals surface area contributed by atoms with Gasteiger partial charge in [-0.25, -0.2) is 4.98 Å². The molecule has 0 radical (unpaired) electrons. The highest BCUT2D eigenvalue weighted by Gasteiger charge is 2.04. The minimum absolute atomic E-state index is 0.0594. The van der Waals surface area contributed by atoms with Crippen molar-refractivity contribution >= 4 is 11.8 Å². The van der Waals surface area contributed by atoms with Crippen molar-refractivity contribution in [2.75, 3.05) is 13.1 Å². The number of rotatable bonds is 8. The van der Waals surface area contributed by atoms with Crippen LogP contribution < -0.4 is 10.6 Å². The Kier molecular flexibility index (Phi) is 6.53. The summed E-state index contributed by atoms with van der Waals surface area (Å²) in [6, 6.07) is 0. The number of hydrogen-bond donors (Lipinski definition) is 2. The van der Waals surface area contributed by atoms with Gasteiger partial charge in [0, 0.05) is 31.9 Å². The number of aryl methyl sites for hydroxylation is 1. The summed E-state index contributed by atoms with van der Waals surface area (Å²) in [5, 5.41) is 5.30. The van der Waals surface area contributed by atoms with Gasteiger partial charge in [-0.3, -0.25) is 9.59 Å². The molecule has 2 amide bonds. The van der Waals surface area contributed by atoms with Gasteiger partial charge < -0.3 is 15.2 Å². The summed E-state index contributed by atoms with van der Waals surface area (Å²) in [6.07, 6.45) is 7.33. The van der Waals surface area contributed by atoms with Gasteiger partial charge in [-0.2, -0.15) is 0 Å². The molecular weight excluding hydrogens is 232 g/mol. The topological polar surface area (TPSA) is 76.0 Å². The Bertz CT molecular complexity index is 362. The van der Waals surface area contributed by atoms with E-state index < -0.39 is 0 Å². The van der Waals surface area contributed by atoms with Crippen LogP contribution in [-0.4, -0.2) is 34.5 Å². The maximum Gasteiger partial charge on any atom is 0.239 e. The largest absolute Gasteiger partial charge is 0.355 e. The van der Waals surface area contributed by atoms with Crippen LogP contribution in [0.2, 0.25) is 0 Å². The molecule has 0 fully saturated rings. The van der Waals surface area contributed by atoms with Gasteiger partial charge in [0.25, 0.3) is 0 Å². The molecule has 18 heavy (non-hydrogen) atoms. The van der Waals surface area contributed by atoms with Crippen molar-refractivity contribution in [2.24, 2.45) is 0 Å². The maximum absolute atomic E-state index is 11.4. The standard InChI is InChI=1S/C12H20N4O2/c1-2-5-14-12(18)9-15-11(17)4-3-7-16-8-6-13-10-16/h6,8,10H,2-5,7,9H2,1H3,(H,14,18)(H,15,17). The van der Waals surface area contributed by atoms with E-state index in [1.54, 1.807) is 12.5 Å². The van der Waals surface area contributed by atoms with Crippen LogP contribution in [0.4, 0.5) is 0 Å². The SMILES string of the molecule is CCCNC(=O)CNC(=O)CCCn1ccnc1. The zero-order valence-corrected chi connectivity index (χ0v) is 10.7. The van der Waals surface area contributed by atoms with Gasteiger partial charge >= 0.3 is 0 Å². The first-order valence-corrected chi connectivity index (χ1v) is 6.21. The van der Waals surface area contributed by atoms with E-state index in [9.17, 15) is 9.59 Å². The zero-order valence-electron chi connectivity index (χ0n) is 10.7. The number of aromatic nitrogens is 2. The fraction of sp³-hybridized carbons (Fsp3) is 0.583. The molecule has 0 unspecified atom stereocenters. The lowest BCUT2D eigenvalue weighted by atomic mass is 10.3. The van der Waals surface area contributed by atoms with Crippen molar-refractivity contribution < 1.29 is 9.59 Å². The Morgan fingerprint density at radius 1 is 1.28 bits per heavy atom. The molecule has 2 N–H and O–H groups in total. The monoisotopic (exact) mass is 252 g/mol. The van der Waals surface area contributed by atoms with Crippen molar-refractivity contribution in [3.8, 4) is 0 Å². The summed E-state index contributed by atoms with van der Waals surface area (Å²) in [5.74, 6) is -0.235. The Morgan fingerprint density at radius 3 is 2.78 bits per heavy atom. The molecule has 6 nitrogen and oxygen atoms in total. The van der Waals surface area contributed by atoms with Crippen LogP contribution in [0.15, 0.2) is 18.7 Å². The van der Waals surface area contributed by atoms with E-state index in [-0.39, 0.29) is 18.4 Å². The van der Waals surface area contributed by atoms with Crippen LogP contribution in [-0.2, 0) is 16.1 Å². The van der Waals surface area contributed by atoms with E-state index in [2.05, 4.69) is 15.6 Å². The van der Waals surface area contributed by atoms with E-state index in [1.807, 2.05) is 17.7 Å². The second kappa shape index (κ2) is 8.27. The lowest BCUT2D eigenvalue weighted by molar-refractivity contribution is -0.126. The molecule has 0 spiro atoms. The van der Waals surface area contributed by atoms with Crippen molar-refractivity contribution in [1.82, 2.24) is 20.2 Å². The van der Waals surface area contributed by atoms with Gasteiger partial charge in [0.2, 0.25) is 11.8 Å². The van der Waals surface area contributed by atoms with Crippen LogP contribution in [0.1, 0.15) is 26.2 Å². The minimum Gasteiger partial charge on any atom is -0.355 e. The van der Waals surface area contributed by atoms with Gasteiger partial charge in [0.05, 0.1) is 12.9 Å². The molecule has 0 saturated heterocycles. The highest BCUT2D eigenvalue weighted by atomic mass is 16.2. The van der Waals surface area contributed by atoms with E-state index in [4.69, 9.17) is 0 Å². The highest BCUT2D eigenvalue weighted by molar-refractivity contribution is 5.84. The second-order valence-electron chi connectivity index (χ2n) is 4.03. The summed E-state index contributed by atoms with van der Waals surface area (Å²) in [7, 11) is 0. The fourth-order valence-electron chi connectivity index (χ4n) is 1.44. The predicted molar refractivity (Wildman–Crippen MR) is 67.8 cm³/mol. The molecule has 1 aromatic heterocycles. The third-order valence-electron chi connectivity index (χ3n) is 2.40. The fourth-order valence-corrected chi connectivity index (χ4v) is 1.44. The summed E-state index contributed by atoms with van der Waals surface area (Å²) < 4.78 is 1.92. The average molecular weight is 252 g/mol. The Labute approximate surface area is 107 Å². The predicted octanol–water partition coefficient (Wildman–Crippen LogP) is 0.306. The van der Waals surface area contributed by atoms with E-state index in [0.29, 0.717) is 13.0 Å². The number of amides is 2. The Hall–Kier alpha value is -1.85. The zero-order chi connectivity index (χ0) is 13.2. The third-order valence-corrected chi connectivity index (χ3v) is 2.40. The molecule has 1 heterocycles. The van der Waals surface area contributed by atoms with Gasteiger partial charge in [0.1, 0.15) is 0 Å². The van der Waals surface area contributed by atoms with Crippen molar-refractivity contribution in [3.05, 3.63) is 18.7 Å². The average Bonchev–Trinajstić information content (AvgIpc) is 2.87. The first-order valence-electron chi connectivity index (χ1n) is 6.21. The Balaban J connectivity index is 2.05. The lowest BCUT2D eigenvalue weighted by Gasteiger charge is -2.06. The molecule has 0 aliphatic rings. The number of nitrogens with zero attached hydrogens (tertiary/aromatic N) is 2. The molecule has 0 aliphatic heterocycles. The van der Waals surface area contributed by atoms with Crippen LogP contribution in [0, 0.1) is 0 Å². The third kappa shape index (κ3) is 6.03. The smallest absolute Gasteiger partial charge is 0.239 e. The van der Waals surface area contributed by atoms with E-state index in [1.165, 1.54) is 0 Å². The molecule has 0 aliphatic carbocycles. The van der Waals surface area contributed by atoms with Crippen molar-refractivity contribution in [1.29, 1.82) is 0 Å². The normalized spacial score (nSPS) is 10.1. The van der Waals surface area contributed by atoms with Crippen LogP contribution in [0.3, 0.4) is 0 Å².